The summed E-state index contributed by atoms with van der Waals surface area (Å²) in [6.45, 7) is 6.15. The van der Waals surface area contributed by atoms with Gasteiger partial charge in [0.1, 0.15) is 0 Å². The second kappa shape index (κ2) is 9.96. The van der Waals surface area contributed by atoms with E-state index in [9.17, 15) is 0 Å². The van der Waals surface area contributed by atoms with Gasteiger partial charge in [-0.15, -0.1) is 0 Å². The molecule has 1 aliphatic rings. The zero-order chi connectivity index (χ0) is 13.9. The third-order valence-electron chi connectivity index (χ3n) is 3.20. The van der Waals surface area contributed by atoms with Gasteiger partial charge < -0.3 is 14.7 Å². The van der Waals surface area contributed by atoms with Crippen LogP contribution in [0.2, 0.25) is 0 Å². The SMILES string of the molecule is COCCCN=C(NN)N1CCCN(CCO)CC1. The largest absolute Gasteiger partial charge is 0.395 e. The van der Waals surface area contributed by atoms with Crippen molar-refractivity contribution in [2.24, 2.45) is 10.8 Å². The van der Waals surface area contributed by atoms with Crippen molar-refractivity contribution in [2.75, 3.05) is 59.6 Å². The van der Waals surface area contributed by atoms with Gasteiger partial charge in [-0.3, -0.25) is 15.3 Å². The Balaban J connectivity index is 2.42. The van der Waals surface area contributed by atoms with E-state index in [-0.39, 0.29) is 6.61 Å². The van der Waals surface area contributed by atoms with E-state index in [1.807, 2.05) is 0 Å². The second-order valence-electron chi connectivity index (χ2n) is 4.60. The van der Waals surface area contributed by atoms with Crippen molar-refractivity contribution in [3.8, 4) is 0 Å². The molecule has 0 bridgehead atoms. The standard InChI is InChI=1S/C12H27N5O2/c1-19-11-2-4-14-12(15-13)17-6-3-5-16(7-8-17)9-10-18/h18H,2-11,13H2,1H3,(H,14,15). The van der Waals surface area contributed by atoms with E-state index in [0.717, 1.165) is 51.5 Å². The van der Waals surface area contributed by atoms with Crippen molar-refractivity contribution in [3.05, 3.63) is 0 Å². The maximum absolute atomic E-state index is 8.98. The molecule has 7 nitrogen and oxygen atoms in total. The first-order valence-corrected chi connectivity index (χ1v) is 6.90. The monoisotopic (exact) mass is 273 g/mol. The summed E-state index contributed by atoms with van der Waals surface area (Å²) >= 11 is 0. The number of nitrogens with one attached hydrogen (secondary N) is 1. The molecule has 4 N–H and O–H groups in total. The Hall–Kier alpha value is -0.890. The van der Waals surface area contributed by atoms with Gasteiger partial charge in [0.15, 0.2) is 0 Å². The maximum atomic E-state index is 8.98. The molecule has 0 atom stereocenters. The van der Waals surface area contributed by atoms with Gasteiger partial charge in [-0.1, -0.05) is 0 Å². The number of hydrazine groups is 1. The molecule has 19 heavy (non-hydrogen) atoms. The summed E-state index contributed by atoms with van der Waals surface area (Å²) in [5.41, 5.74) is 2.69. The first-order valence-electron chi connectivity index (χ1n) is 6.90. The molecular formula is C12H27N5O2. The average molecular weight is 273 g/mol. The van der Waals surface area contributed by atoms with Gasteiger partial charge >= 0.3 is 0 Å². The van der Waals surface area contributed by atoms with Gasteiger partial charge in [0.2, 0.25) is 5.96 Å². The minimum Gasteiger partial charge on any atom is -0.395 e. The fourth-order valence-corrected chi connectivity index (χ4v) is 2.18. The van der Waals surface area contributed by atoms with E-state index in [2.05, 4.69) is 20.2 Å². The Morgan fingerprint density at radius 2 is 2.21 bits per heavy atom. The third kappa shape index (κ3) is 6.20. The summed E-state index contributed by atoms with van der Waals surface area (Å²) in [5.74, 6) is 6.31. The average Bonchev–Trinajstić information content (AvgIpc) is 2.65. The van der Waals surface area contributed by atoms with Crippen molar-refractivity contribution < 1.29 is 9.84 Å². The minimum atomic E-state index is 0.215. The molecule has 0 spiro atoms. The molecule has 0 aromatic carbocycles. The predicted octanol–water partition coefficient (Wildman–Crippen LogP) is -1.16. The summed E-state index contributed by atoms with van der Waals surface area (Å²) in [4.78, 5) is 8.91. The summed E-state index contributed by atoms with van der Waals surface area (Å²) in [5, 5.41) is 8.98. The zero-order valence-electron chi connectivity index (χ0n) is 11.8. The lowest BCUT2D eigenvalue weighted by molar-refractivity contribution is 0.196. The molecule has 1 saturated heterocycles. The van der Waals surface area contributed by atoms with E-state index < -0.39 is 0 Å². The van der Waals surface area contributed by atoms with Gasteiger partial charge in [-0.2, -0.15) is 0 Å². The normalized spacial score (nSPS) is 18.5. The van der Waals surface area contributed by atoms with Crippen LogP contribution in [0.3, 0.4) is 0 Å². The lowest BCUT2D eigenvalue weighted by atomic mass is 10.4. The first-order chi connectivity index (χ1) is 9.31. The summed E-state index contributed by atoms with van der Waals surface area (Å²) in [6, 6.07) is 0. The zero-order valence-corrected chi connectivity index (χ0v) is 11.8. The van der Waals surface area contributed by atoms with Crippen LogP contribution in [0.15, 0.2) is 4.99 Å². The number of hydrogen-bond acceptors (Lipinski definition) is 5. The van der Waals surface area contributed by atoms with Gasteiger partial charge in [-0.25, -0.2) is 5.84 Å². The molecule has 1 heterocycles. The van der Waals surface area contributed by atoms with Crippen LogP contribution < -0.4 is 11.3 Å². The van der Waals surface area contributed by atoms with Crippen molar-refractivity contribution in [1.29, 1.82) is 0 Å². The van der Waals surface area contributed by atoms with Crippen LogP contribution in [0.25, 0.3) is 0 Å². The number of β-amino-alcohol motifs (C(OH)–C–C–N with tert-alkyl or cyclic N) is 1. The maximum Gasteiger partial charge on any atom is 0.208 e. The van der Waals surface area contributed by atoms with Gasteiger partial charge in [-0.05, 0) is 19.4 Å². The number of ether oxygens (including phenoxy) is 1. The highest BCUT2D eigenvalue weighted by atomic mass is 16.5. The van der Waals surface area contributed by atoms with Crippen molar-refractivity contribution in [2.45, 2.75) is 12.8 Å². The number of rotatable bonds is 6. The molecule has 1 rings (SSSR count). The Morgan fingerprint density at radius 3 is 2.89 bits per heavy atom. The lowest BCUT2D eigenvalue weighted by Gasteiger charge is -2.24. The van der Waals surface area contributed by atoms with Crippen LogP contribution in [0, 0.1) is 0 Å². The second-order valence-corrected chi connectivity index (χ2v) is 4.60. The van der Waals surface area contributed by atoms with Crippen LogP contribution in [0.1, 0.15) is 12.8 Å². The van der Waals surface area contributed by atoms with E-state index in [4.69, 9.17) is 15.7 Å². The topological polar surface area (TPSA) is 86.4 Å². The first kappa shape index (κ1) is 16.2. The Bertz CT molecular complexity index is 263. The number of aliphatic hydroxyl groups excluding tert-OH is 1. The number of nitrogens with zero attached hydrogens (tertiary/aromatic N) is 3. The highest BCUT2D eigenvalue weighted by Gasteiger charge is 2.16. The Kier molecular flexibility index (Phi) is 8.48. The molecule has 1 fully saturated rings. The number of aliphatic hydroxyl groups is 1. The quantitative estimate of drug-likeness (QED) is 0.186. The molecule has 0 aliphatic carbocycles. The summed E-state index contributed by atoms with van der Waals surface area (Å²) in [7, 11) is 1.69. The van der Waals surface area contributed by atoms with Gasteiger partial charge in [0.05, 0.1) is 6.61 Å². The van der Waals surface area contributed by atoms with Crippen LogP contribution in [-0.4, -0.2) is 80.5 Å². The van der Waals surface area contributed by atoms with Crippen LogP contribution in [0.4, 0.5) is 0 Å². The molecular weight excluding hydrogens is 246 g/mol. The Labute approximate surface area is 115 Å². The molecule has 0 radical (unpaired) electrons. The van der Waals surface area contributed by atoms with Crippen molar-refractivity contribution in [1.82, 2.24) is 15.2 Å². The van der Waals surface area contributed by atoms with E-state index in [0.29, 0.717) is 13.2 Å². The molecule has 0 amide bonds. The third-order valence-corrected chi connectivity index (χ3v) is 3.20. The number of hydrogen-bond donors (Lipinski definition) is 3. The number of methoxy groups -OCH3 is 1. The van der Waals surface area contributed by atoms with E-state index >= 15 is 0 Å². The van der Waals surface area contributed by atoms with E-state index in [1.54, 1.807) is 7.11 Å². The van der Waals surface area contributed by atoms with E-state index in [1.165, 1.54) is 0 Å². The molecule has 0 unspecified atom stereocenters. The predicted molar refractivity (Wildman–Crippen MR) is 75.8 cm³/mol. The fourth-order valence-electron chi connectivity index (χ4n) is 2.18. The molecule has 0 aromatic heterocycles. The highest BCUT2D eigenvalue weighted by Crippen LogP contribution is 2.03. The fraction of sp³-hybridized carbons (Fsp3) is 0.917. The van der Waals surface area contributed by atoms with Gasteiger partial charge in [0, 0.05) is 46.4 Å². The smallest absolute Gasteiger partial charge is 0.208 e. The minimum absolute atomic E-state index is 0.215. The van der Waals surface area contributed by atoms with Crippen molar-refractivity contribution in [3.63, 3.8) is 0 Å². The number of guanidine groups is 1. The summed E-state index contributed by atoms with van der Waals surface area (Å²) < 4.78 is 5.00. The summed E-state index contributed by atoms with van der Waals surface area (Å²) in [6.07, 6.45) is 1.95. The Morgan fingerprint density at radius 1 is 1.37 bits per heavy atom. The molecule has 0 saturated carbocycles. The number of aliphatic imine (C=N–C) groups is 1. The molecule has 1 aliphatic heterocycles. The van der Waals surface area contributed by atoms with Crippen LogP contribution in [0.5, 0.6) is 0 Å². The molecule has 7 heteroatoms. The lowest BCUT2D eigenvalue weighted by Crippen LogP contribution is -2.46. The molecule has 0 aromatic rings. The number of nitrogens with two attached hydrogens (primary N) is 1. The van der Waals surface area contributed by atoms with Crippen LogP contribution in [-0.2, 0) is 4.74 Å². The van der Waals surface area contributed by atoms with Crippen molar-refractivity contribution >= 4 is 5.96 Å². The molecule has 112 valence electrons. The van der Waals surface area contributed by atoms with Gasteiger partial charge in [0.25, 0.3) is 0 Å². The highest BCUT2D eigenvalue weighted by molar-refractivity contribution is 5.79. The van der Waals surface area contributed by atoms with Crippen LogP contribution >= 0.6 is 0 Å².